The van der Waals surface area contributed by atoms with Gasteiger partial charge in [0.25, 0.3) is 0 Å². The van der Waals surface area contributed by atoms with E-state index in [1.54, 1.807) is 16.7 Å². The summed E-state index contributed by atoms with van der Waals surface area (Å²) in [5.41, 5.74) is 0.0414. The lowest BCUT2D eigenvalue weighted by molar-refractivity contribution is 0.281. The molecule has 0 aliphatic rings. The Balaban J connectivity index is 1.74. The van der Waals surface area contributed by atoms with Crippen molar-refractivity contribution in [3.8, 4) is 5.75 Å². The van der Waals surface area contributed by atoms with Gasteiger partial charge in [0.2, 0.25) is 5.56 Å². The van der Waals surface area contributed by atoms with Crippen LogP contribution in [0.4, 0.5) is 0 Å². The van der Waals surface area contributed by atoms with E-state index in [1.807, 2.05) is 43.6 Å². The van der Waals surface area contributed by atoms with Crippen LogP contribution in [-0.4, -0.2) is 48.7 Å². The Kier molecular flexibility index (Phi) is 9.42. The predicted octanol–water partition coefficient (Wildman–Crippen LogP) is 3.26. The van der Waals surface area contributed by atoms with Crippen molar-refractivity contribution in [1.82, 2.24) is 14.8 Å². The third-order valence-corrected chi connectivity index (χ3v) is 4.43. The number of halogens is 1. The van der Waals surface area contributed by atoms with Gasteiger partial charge in [0.15, 0.2) is 5.96 Å². The number of aryl methyl sites for hydroxylation is 1. The number of aliphatic imine (C=N–C) groups is 1. The first-order valence-corrected chi connectivity index (χ1v) is 10.0. The molecule has 0 aliphatic heterocycles. The van der Waals surface area contributed by atoms with Gasteiger partial charge in [-0.1, -0.05) is 17.7 Å². The summed E-state index contributed by atoms with van der Waals surface area (Å²) in [6.07, 6.45) is 3.66. The molecule has 0 bridgehead atoms. The maximum Gasteiger partial charge on any atom is 0.250 e. The van der Waals surface area contributed by atoms with Crippen LogP contribution in [-0.2, 0) is 6.54 Å². The highest BCUT2D eigenvalue weighted by molar-refractivity contribution is 6.30. The summed E-state index contributed by atoms with van der Waals surface area (Å²) >= 11 is 5.88. The predicted molar refractivity (Wildman–Crippen MR) is 115 cm³/mol. The number of aromatic nitrogens is 1. The molecule has 28 heavy (non-hydrogen) atoms. The van der Waals surface area contributed by atoms with Gasteiger partial charge in [0.1, 0.15) is 12.4 Å². The minimum Gasteiger partial charge on any atom is -0.492 e. The zero-order valence-electron chi connectivity index (χ0n) is 16.6. The van der Waals surface area contributed by atoms with E-state index >= 15 is 0 Å². The Hall–Kier alpha value is -2.47. The molecule has 1 heterocycles. The van der Waals surface area contributed by atoms with Crippen LogP contribution >= 0.6 is 11.6 Å². The number of rotatable bonds is 10. The Labute approximate surface area is 171 Å². The van der Waals surface area contributed by atoms with Crippen molar-refractivity contribution >= 4 is 17.6 Å². The van der Waals surface area contributed by atoms with E-state index in [0.29, 0.717) is 24.7 Å². The van der Waals surface area contributed by atoms with Gasteiger partial charge < -0.3 is 19.5 Å². The first-order chi connectivity index (χ1) is 13.6. The zero-order chi connectivity index (χ0) is 20.2. The van der Waals surface area contributed by atoms with Gasteiger partial charge in [-0.3, -0.25) is 9.79 Å². The molecule has 6 nitrogen and oxygen atoms in total. The highest BCUT2D eigenvalue weighted by atomic mass is 35.5. The van der Waals surface area contributed by atoms with E-state index in [9.17, 15) is 4.79 Å². The standard InChI is InChI=1S/C21H29ClN4O2/c1-3-23-21(24-13-5-7-15-26-14-6-4-8-20(26)27)25(2)16-17-28-19-11-9-18(22)10-12-19/h4,6,8-12,14H,3,5,7,13,15-17H2,1-2H3,(H,23,24). The van der Waals surface area contributed by atoms with Crippen molar-refractivity contribution < 1.29 is 4.74 Å². The molecular formula is C21H29ClN4O2. The minimum absolute atomic E-state index is 0.0414. The van der Waals surface area contributed by atoms with Crippen LogP contribution in [0.2, 0.25) is 5.02 Å². The monoisotopic (exact) mass is 404 g/mol. The number of unbranched alkanes of at least 4 members (excludes halogenated alkanes) is 1. The van der Waals surface area contributed by atoms with Crippen molar-refractivity contribution in [2.45, 2.75) is 26.3 Å². The zero-order valence-corrected chi connectivity index (χ0v) is 17.4. The van der Waals surface area contributed by atoms with Gasteiger partial charge in [0.05, 0.1) is 6.54 Å². The highest BCUT2D eigenvalue weighted by Gasteiger charge is 2.05. The Morgan fingerprint density at radius 2 is 2.00 bits per heavy atom. The van der Waals surface area contributed by atoms with Crippen molar-refractivity contribution in [2.75, 3.05) is 33.3 Å². The molecule has 0 fully saturated rings. The lowest BCUT2D eigenvalue weighted by atomic mass is 10.3. The van der Waals surface area contributed by atoms with Crippen LogP contribution in [0.3, 0.4) is 0 Å². The number of hydrogen-bond donors (Lipinski definition) is 1. The van der Waals surface area contributed by atoms with Gasteiger partial charge in [0, 0.05) is 44.0 Å². The molecule has 152 valence electrons. The second-order valence-electron chi connectivity index (χ2n) is 6.40. The van der Waals surface area contributed by atoms with Crippen molar-refractivity contribution in [3.05, 3.63) is 64.0 Å². The number of hydrogen-bond acceptors (Lipinski definition) is 3. The number of pyridine rings is 1. The number of nitrogens with zero attached hydrogens (tertiary/aromatic N) is 3. The molecule has 0 saturated heterocycles. The highest BCUT2D eigenvalue weighted by Crippen LogP contribution is 2.15. The molecule has 1 aromatic heterocycles. The van der Waals surface area contributed by atoms with E-state index in [4.69, 9.17) is 16.3 Å². The second kappa shape index (κ2) is 12.1. The molecule has 0 unspecified atom stereocenters. The summed E-state index contributed by atoms with van der Waals surface area (Å²) in [5.74, 6) is 1.66. The molecule has 1 aromatic carbocycles. The van der Waals surface area contributed by atoms with Crippen LogP contribution in [0, 0.1) is 0 Å². The molecule has 7 heteroatoms. The molecule has 0 amide bonds. The first-order valence-electron chi connectivity index (χ1n) is 9.63. The van der Waals surface area contributed by atoms with Crippen LogP contribution in [0.5, 0.6) is 5.75 Å². The van der Waals surface area contributed by atoms with Crippen LogP contribution in [0.25, 0.3) is 0 Å². The number of nitrogens with one attached hydrogen (secondary N) is 1. The Morgan fingerprint density at radius 3 is 2.71 bits per heavy atom. The quantitative estimate of drug-likeness (QED) is 0.375. The molecule has 0 saturated carbocycles. The van der Waals surface area contributed by atoms with Gasteiger partial charge in [-0.05, 0) is 50.1 Å². The first kappa shape index (κ1) is 21.8. The third kappa shape index (κ3) is 7.64. The van der Waals surface area contributed by atoms with Crippen LogP contribution in [0.1, 0.15) is 19.8 Å². The number of benzene rings is 1. The summed E-state index contributed by atoms with van der Waals surface area (Å²) < 4.78 is 7.48. The average Bonchev–Trinajstić information content (AvgIpc) is 2.69. The summed E-state index contributed by atoms with van der Waals surface area (Å²) in [4.78, 5) is 18.4. The minimum atomic E-state index is 0.0414. The summed E-state index contributed by atoms with van der Waals surface area (Å²) in [5, 5.41) is 4.00. The third-order valence-electron chi connectivity index (χ3n) is 4.17. The van der Waals surface area contributed by atoms with Crippen molar-refractivity contribution in [3.63, 3.8) is 0 Å². The topological polar surface area (TPSA) is 58.9 Å². The molecule has 2 rings (SSSR count). The Bertz CT molecular complexity index is 789. The van der Waals surface area contributed by atoms with Gasteiger partial charge in [-0.2, -0.15) is 0 Å². The van der Waals surface area contributed by atoms with E-state index in [2.05, 4.69) is 22.1 Å². The maximum absolute atomic E-state index is 11.7. The van der Waals surface area contributed by atoms with Crippen LogP contribution in [0.15, 0.2) is 58.4 Å². The van der Waals surface area contributed by atoms with E-state index < -0.39 is 0 Å². The van der Waals surface area contributed by atoms with Crippen molar-refractivity contribution in [2.24, 2.45) is 4.99 Å². The van der Waals surface area contributed by atoms with Gasteiger partial charge >= 0.3 is 0 Å². The number of guanidine groups is 1. The molecule has 0 atom stereocenters. The van der Waals surface area contributed by atoms with Crippen molar-refractivity contribution in [1.29, 1.82) is 0 Å². The Morgan fingerprint density at radius 1 is 1.21 bits per heavy atom. The largest absolute Gasteiger partial charge is 0.492 e. The SMILES string of the molecule is CCNC(=NCCCCn1ccccc1=O)N(C)CCOc1ccc(Cl)cc1. The van der Waals surface area contributed by atoms with E-state index in [1.165, 1.54) is 0 Å². The second-order valence-corrected chi connectivity index (χ2v) is 6.84. The summed E-state index contributed by atoms with van der Waals surface area (Å²) in [6, 6.07) is 12.6. The lowest BCUT2D eigenvalue weighted by Gasteiger charge is -2.22. The normalized spacial score (nSPS) is 11.3. The number of ether oxygens (including phenoxy) is 1. The van der Waals surface area contributed by atoms with Gasteiger partial charge in [-0.25, -0.2) is 0 Å². The maximum atomic E-state index is 11.7. The fourth-order valence-electron chi connectivity index (χ4n) is 2.63. The van der Waals surface area contributed by atoms with Crippen LogP contribution < -0.4 is 15.6 Å². The molecule has 0 aliphatic carbocycles. The van der Waals surface area contributed by atoms with E-state index in [0.717, 1.165) is 37.6 Å². The fourth-order valence-corrected chi connectivity index (χ4v) is 2.76. The summed E-state index contributed by atoms with van der Waals surface area (Å²) in [6.45, 7) is 5.56. The lowest BCUT2D eigenvalue weighted by Crippen LogP contribution is -2.41. The molecule has 0 radical (unpaired) electrons. The summed E-state index contributed by atoms with van der Waals surface area (Å²) in [7, 11) is 2.00. The smallest absolute Gasteiger partial charge is 0.250 e. The average molecular weight is 405 g/mol. The molecule has 2 aromatic rings. The van der Waals surface area contributed by atoms with E-state index in [-0.39, 0.29) is 5.56 Å². The molecular weight excluding hydrogens is 376 g/mol. The fraction of sp³-hybridized carbons (Fsp3) is 0.429. The number of likely N-dealkylation sites (N-methyl/N-ethyl adjacent to an activating group) is 1. The molecule has 0 spiro atoms. The molecule has 1 N–H and O–H groups in total. The van der Waals surface area contributed by atoms with Gasteiger partial charge in [-0.15, -0.1) is 0 Å².